The number of nitrogens with one attached hydrogen (secondary N) is 1. The number of aryl methyl sites for hydroxylation is 1. The third-order valence-electron chi connectivity index (χ3n) is 4.48. The van der Waals surface area contributed by atoms with E-state index < -0.39 is 0 Å². The molecular weight excluding hydrogens is 250 g/mol. The molecule has 2 unspecified atom stereocenters. The molecule has 20 heavy (non-hydrogen) atoms. The van der Waals surface area contributed by atoms with Gasteiger partial charge in [-0.3, -0.25) is 0 Å². The van der Waals surface area contributed by atoms with Crippen LogP contribution in [0.25, 0.3) is 0 Å². The molecule has 2 heterocycles. The minimum Gasteiger partial charge on any atom is -0.378 e. The summed E-state index contributed by atoms with van der Waals surface area (Å²) >= 11 is 0. The van der Waals surface area contributed by atoms with Crippen LogP contribution in [0.3, 0.4) is 0 Å². The first-order valence-electron chi connectivity index (χ1n) is 7.95. The van der Waals surface area contributed by atoms with Crippen LogP contribution >= 0.6 is 0 Å². The van der Waals surface area contributed by atoms with Gasteiger partial charge in [0.25, 0.3) is 0 Å². The van der Waals surface area contributed by atoms with Gasteiger partial charge in [-0.1, -0.05) is 0 Å². The van der Waals surface area contributed by atoms with Gasteiger partial charge in [0.1, 0.15) is 5.82 Å². The van der Waals surface area contributed by atoms with E-state index in [0.29, 0.717) is 6.10 Å². The minimum absolute atomic E-state index is 0.336. The van der Waals surface area contributed by atoms with E-state index in [9.17, 15) is 0 Å². The van der Waals surface area contributed by atoms with Gasteiger partial charge >= 0.3 is 0 Å². The zero-order valence-corrected chi connectivity index (χ0v) is 12.4. The zero-order chi connectivity index (χ0) is 13.8. The van der Waals surface area contributed by atoms with Crippen molar-refractivity contribution < 1.29 is 4.74 Å². The Hall–Kier alpha value is -1.00. The number of hydrogen-bond acceptors (Lipinski definition) is 4. The summed E-state index contributed by atoms with van der Waals surface area (Å²) in [4.78, 5) is 9.36. The summed E-state index contributed by atoms with van der Waals surface area (Å²) in [6.07, 6.45) is 10.4. The first kappa shape index (κ1) is 14.0. The fraction of sp³-hybridized carbons (Fsp3) is 0.750. The smallest absolute Gasteiger partial charge is 0.131 e. The van der Waals surface area contributed by atoms with Crippen molar-refractivity contribution in [2.24, 2.45) is 5.92 Å². The number of rotatable bonds is 4. The van der Waals surface area contributed by atoms with Crippen LogP contribution < -0.4 is 5.32 Å². The largest absolute Gasteiger partial charge is 0.378 e. The van der Waals surface area contributed by atoms with Crippen LogP contribution in [-0.2, 0) is 24.0 Å². The summed E-state index contributed by atoms with van der Waals surface area (Å²) in [7, 11) is 2.03. The molecule has 2 aliphatic rings. The minimum atomic E-state index is 0.336. The molecule has 1 saturated heterocycles. The summed E-state index contributed by atoms with van der Waals surface area (Å²) in [5.74, 6) is 1.71. The summed E-state index contributed by atoms with van der Waals surface area (Å²) in [6, 6.07) is 0. The van der Waals surface area contributed by atoms with Crippen LogP contribution in [0, 0.1) is 5.92 Å². The zero-order valence-electron chi connectivity index (χ0n) is 12.4. The van der Waals surface area contributed by atoms with E-state index in [1.807, 2.05) is 7.05 Å². The molecule has 110 valence electrons. The fourth-order valence-electron chi connectivity index (χ4n) is 3.36. The van der Waals surface area contributed by atoms with Crippen LogP contribution in [0.1, 0.15) is 42.8 Å². The second-order valence-electron chi connectivity index (χ2n) is 6.12. The molecule has 1 aromatic rings. The monoisotopic (exact) mass is 275 g/mol. The number of fused-ring (bicyclic) bond motifs is 1. The Morgan fingerprint density at radius 1 is 1.35 bits per heavy atom. The molecule has 0 amide bonds. The average molecular weight is 275 g/mol. The predicted octanol–water partition coefficient (Wildman–Crippen LogP) is 1.91. The topological polar surface area (TPSA) is 47.0 Å². The second kappa shape index (κ2) is 6.64. The van der Waals surface area contributed by atoms with Crippen molar-refractivity contribution in [1.29, 1.82) is 0 Å². The Bertz CT molecular complexity index is 443. The van der Waals surface area contributed by atoms with E-state index in [4.69, 9.17) is 9.72 Å². The van der Waals surface area contributed by atoms with Crippen LogP contribution in [0.2, 0.25) is 0 Å². The third kappa shape index (κ3) is 3.36. The van der Waals surface area contributed by atoms with Crippen molar-refractivity contribution in [3.63, 3.8) is 0 Å². The van der Waals surface area contributed by atoms with Crippen LogP contribution in [0.5, 0.6) is 0 Å². The molecule has 1 aliphatic heterocycles. The molecule has 0 radical (unpaired) electrons. The van der Waals surface area contributed by atoms with E-state index in [1.54, 1.807) is 0 Å². The van der Waals surface area contributed by atoms with Gasteiger partial charge in [0, 0.05) is 24.9 Å². The maximum absolute atomic E-state index is 5.79. The molecule has 4 nitrogen and oxygen atoms in total. The van der Waals surface area contributed by atoms with Gasteiger partial charge in [0.05, 0.1) is 6.10 Å². The lowest BCUT2D eigenvalue weighted by atomic mass is 9.87. The Morgan fingerprint density at radius 3 is 3.10 bits per heavy atom. The van der Waals surface area contributed by atoms with Gasteiger partial charge in [-0.25, -0.2) is 9.97 Å². The van der Waals surface area contributed by atoms with Gasteiger partial charge in [0.15, 0.2) is 0 Å². The van der Waals surface area contributed by atoms with E-state index in [2.05, 4.69) is 16.5 Å². The Morgan fingerprint density at radius 2 is 2.30 bits per heavy atom. The lowest BCUT2D eigenvalue weighted by Gasteiger charge is -2.25. The molecule has 0 spiro atoms. The highest BCUT2D eigenvalue weighted by Crippen LogP contribution is 2.24. The summed E-state index contributed by atoms with van der Waals surface area (Å²) in [6.45, 7) is 2.00. The highest BCUT2D eigenvalue weighted by Gasteiger charge is 2.21. The van der Waals surface area contributed by atoms with Crippen molar-refractivity contribution in [3.8, 4) is 0 Å². The van der Waals surface area contributed by atoms with Gasteiger partial charge in [-0.05, 0) is 63.6 Å². The molecule has 3 rings (SSSR count). The molecule has 0 saturated carbocycles. The Balaban J connectivity index is 1.64. The highest BCUT2D eigenvalue weighted by molar-refractivity contribution is 5.21. The predicted molar refractivity (Wildman–Crippen MR) is 78.8 cm³/mol. The van der Waals surface area contributed by atoms with Gasteiger partial charge in [-0.15, -0.1) is 0 Å². The van der Waals surface area contributed by atoms with Crippen molar-refractivity contribution in [2.75, 3.05) is 20.2 Å². The fourth-order valence-corrected chi connectivity index (χ4v) is 3.36. The molecule has 4 heteroatoms. The number of nitrogens with zero attached hydrogens (tertiary/aromatic N) is 2. The lowest BCUT2D eigenvalue weighted by Crippen LogP contribution is -2.26. The molecule has 1 aliphatic carbocycles. The van der Waals surface area contributed by atoms with Crippen molar-refractivity contribution >= 4 is 0 Å². The quantitative estimate of drug-likeness (QED) is 0.912. The molecular formula is C16H25N3O. The normalized spacial score (nSPS) is 26.2. The first-order valence-corrected chi connectivity index (χ1v) is 7.95. The molecule has 1 fully saturated rings. The van der Waals surface area contributed by atoms with Crippen LogP contribution in [0.15, 0.2) is 6.20 Å². The molecule has 2 atom stereocenters. The molecule has 1 N–H and O–H groups in total. The molecule has 0 aromatic carbocycles. The molecule has 0 bridgehead atoms. The van der Waals surface area contributed by atoms with Crippen LogP contribution in [0.4, 0.5) is 0 Å². The van der Waals surface area contributed by atoms with Gasteiger partial charge in [-0.2, -0.15) is 0 Å². The first-order chi connectivity index (χ1) is 9.85. The lowest BCUT2D eigenvalue weighted by molar-refractivity contribution is 0.0156. The van der Waals surface area contributed by atoms with Gasteiger partial charge in [0.2, 0.25) is 0 Å². The number of ether oxygens (including phenoxy) is 1. The van der Waals surface area contributed by atoms with Crippen molar-refractivity contribution in [1.82, 2.24) is 15.3 Å². The van der Waals surface area contributed by atoms with Crippen LogP contribution in [-0.4, -0.2) is 36.3 Å². The van der Waals surface area contributed by atoms with Crippen molar-refractivity contribution in [2.45, 2.75) is 51.0 Å². The summed E-state index contributed by atoms with van der Waals surface area (Å²) in [5.41, 5.74) is 2.63. The molecule has 1 aromatic heterocycles. The summed E-state index contributed by atoms with van der Waals surface area (Å²) < 4.78 is 5.79. The maximum Gasteiger partial charge on any atom is 0.131 e. The SMILES string of the molecule is CNCC1CCc2nc(CC3CCCCO3)ncc2C1. The van der Waals surface area contributed by atoms with E-state index >= 15 is 0 Å². The average Bonchev–Trinajstić information content (AvgIpc) is 2.49. The Labute approximate surface area is 121 Å². The van der Waals surface area contributed by atoms with E-state index in [0.717, 1.165) is 50.6 Å². The van der Waals surface area contributed by atoms with Gasteiger partial charge < -0.3 is 10.1 Å². The number of hydrogen-bond donors (Lipinski definition) is 1. The number of aromatic nitrogens is 2. The van der Waals surface area contributed by atoms with Crippen molar-refractivity contribution in [3.05, 3.63) is 23.3 Å². The summed E-state index contributed by atoms with van der Waals surface area (Å²) in [5, 5.41) is 3.28. The highest BCUT2D eigenvalue weighted by atomic mass is 16.5. The standard InChI is InChI=1S/C16H25N3O/c1-17-10-12-5-6-15-13(8-12)11-18-16(19-15)9-14-4-2-3-7-20-14/h11-12,14,17H,2-10H2,1H3. The second-order valence-corrected chi connectivity index (χ2v) is 6.12. The maximum atomic E-state index is 5.79. The van der Waals surface area contributed by atoms with E-state index in [-0.39, 0.29) is 0 Å². The Kier molecular flexibility index (Phi) is 4.63. The van der Waals surface area contributed by atoms with E-state index in [1.165, 1.54) is 30.5 Å². The third-order valence-corrected chi connectivity index (χ3v) is 4.48.